The largest absolute Gasteiger partial charge is 0.342 e. The molecule has 1 aliphatic heterocycles. The van der Waals surface area contributed by atoms with Gasteiger partial charge in [0.1, 0.15) is 12.1 Å². The Morgan fingerprint density at radius 1 is 1.24 bits per heavy atom. The maximum atomic E-state index is 12.7. The number of piperazine rings is 1. The van der Waals surface area contributed by atoms with Gasteiger partial charge in [-0.3, -0.25) is 9.59 Å². The van der Waals surface area contributed by atoms with Crippen LogP contribution in [0.5, 0.6) is 0 Å². The minimum Gasteiger partial charge on any atom is -0.342 e. The monoisotopic (exact) mass is 306 g/mol. The molecule has 0 spiro atoms. The Balaban J connectivity index is 1.82. The van der Waals surface area contributed by atoms with E-state index in [4.69, 9.17) is 11.6 Å². The summed E-state index contributed by atoms with van der Waals surface area (Å²) < 4.78 is 0. The fourth-order valence-electron chi connectivity index (χ4n) is 2.91. The molecule has 1 N–H and O–H groups in total. The van der Waals surface area contributed by atoms with Crippen LogP contribution in [-0.2, 0) is 16.1 Å². The first-order valence-electron chi connectivity index (χ1n) is 7.45. The van der Waals surface area contributed by atoms with E-state index in [-0.39, 0.29) is 23.9 Å². The Hall–Kier alpha value is -1.55. The zero-order chi connectivity index (χ0) is 15.0. The maximum Gasteiger partial charge on any atom is 0.246 e. The molecule has 1 saturated heterocycles. The summed E-state index contributed by atoms with van der Waals surface area (Å²) in [6.07, 6.45) is 2.69. The Morgan fingerprint density at radius 3 is 2.48 bits per heavy atom. The number of benzene rings is 1. The van der Waals surface area contributed by atoms with Crippen molar-refractivity contribution in [2.45, 2.75) is 44.8 Å². The molecule has 2 amide bonds. The number of hydrogen-bond acceptors (Lipinski definition) is 2. The summed E-state index contributed by atoms with van der Waals surface area (Å²) >= 11 is 5.89. The molecule has 1 aliphatic carbocycles. The average Bonchev–Trinajstić information content (AvgIpc) is 3.29. The Bertz CT molecular complexity index is 554. The molecule has 1 heterocycles. The van der Waals surface area contributed by atoms with Crippen LogP contribution in [0.3, 0.4) is 0 Å². The van der Waals surface area contributed by atoms with Gasteiger partial charge < -0.3 is 10.2 Å². The van der Waals surface area contributed by atoms with Crippen molar-refractivity contribution >= 4 is 23.4 Å². The predicted octanol–water partition coefficient (Wildman–Crippen LogP) is 2.36. The highest BCUT2D eigenvalue weighted by atomic mass is 35.5. The Morgan fingerprint density at radius 2 is 1.90 bits per heavy atom. The lowest BCUT2D eigenvalue weighted by atomic mass is 10.0. The van der Waals surface area contributed by atoms with Crippen molar-refractivity contribution in [3.05, 3.63) is 34.9 Å². The predicted molar refractivity (Wildman–Crippen MR) is 80.7 cm³/mol. The number of nitrogens with zero attached hydrogens (tertiary/aromatic N) is 1. The van der Waals surface area contributed by atoms with E-state index >= 15 is 0 Å². The zero-order valence-electron chi connectivity index (χ0n) is 12.0. The molecule has 112 valence electrons. The van der Waals surface area contributed by atoms with Crippen LogP contribution in [0.25, 0.3) is 0 Å². The van der Waals surface area contributed by atoms with E-state index in [0.717, 1.165) is 18.4 Å². The van der Waals surface area contributed by atoms with Crippen LogP contribution in [0.15, 0.2) is 24.3 Å². The van der Waals surface area contributed by atoms with Gasteiger partial charge in [-0.1, -0.05) is 30.7 Å². The van der Waals surface area contributed by atoms with E-state index in [0.29, 0.717) is 23.9 Å². The number of carbonyl (C=O) groups excluding carboxylic acids is 2. The van der Waals surface area contributed by atoms with Gasteiger partial charge in [0.2, 0.25) is 11.8 Å². The fraction of sp³-hybridized carbons (Fsp3) is 0.500. The van der Waals surface area contributed by atoms with Crippen LogP contribution in [0.1, 0.15) is 31.7 Å². The number of nitrogens with one attached hydrogen (secondary N) is 1. The van der Waals surface area contributed by atoms with E-state index in [1.807, 2.05) is 31.2 Å². The van der Waals surface area contributed by atoms with Gasteiger partial charge in [-0.25, -0.2) is 0 Å². The van der Waals surface area contributed by atoms with E-state index in [1.165, 1.54) is 0 Å². The van der Waals surface area contributed by atoms with Crippen LogP contribution < -0.4 is 5.32 Å². The number of carbonyl (C=O) groups is 2. The third-order valence-corrected chi connectivity index (χ3v) is 4.52. The second-order valence-corrected chi connectivity index (χ2v) is 6.28. The van der Waals surface area contributed by atoms with Crippen molar-refractivity contribution in [3.8, 4) is 0 Å². The number of rotatable bonds is 4. The van der Waals surface area contributed by atoms with Crippen molar-refractivity contribution in [1.82, 2.24) is 10.2 Å². The third kappa shape index (κ3) is 2.91. The first kappa shape index (κ1) is 14.4. The molecule has 0 radical (unpaired) electrons. The van der Waals surface area contributed by atoms with Crippen LogP contribution in [0.4, 0.5) is 0 Å². The molecule has 1 saturated carbocycles. The quantitative estimate of drug-likeness (QED) is 0.928. The first-order chi connectivity index (χ1) is 10.1. The topological polar surface area (TPSA) is 49.4 Å². The molecular weight excluding hydrogens is 288 g/mol. The molecule has 3 rings (SSSR count). The maximum absolute atomic E-state index is 12.7. The second kappa shape index (κ2) is 5.68. The van der Waals surface area contributed by atoms with Crippen LogP contribution >= 0.6 is 11.6 Å². The summed E-state index contributed by atoms with van der Waals surface area (Å²) in [5.41, 5.74) is 0.996. The molecular formula is C16H19ClN2O2. The zero-order valence-corrected chi connectivity index (χ0v) is 12.8. The highest BCUT2D eigenvalue weighted by Gasteiger charge is 2.46. The van der Waals surface area contributed by atoms with Crippen LogP contribution in [-0.4, -0.2) is 28.8 Å². The molecule has 2 aliphatic rings. The lowest BCUT2D eigenvalue weighted by Gasteiger charge is -2.39. The van der Waals surface area contributed by atoms with E-state index in [1.54, 1.807) is 4.90 Å². The smallest absolute Gasteiger partial charge is 0.246 e. The van der Waals surface area contributed by atoms with Gasteiger partial charge in [-0.15, -0.1) is 0 Å². The molecule has 2 atom stereocenters. The molecule has 21 heavy (non-hydrogen) atoms. The molecule has 2 fully saturated rings. The minimum atomic E-state index is -0.372. The number of hydrogen-bond donors (Lipinski definition) is 1. The van der Waals surface area contributed by atoms with E-state index in [9.17, 15) is 9.59 Å². The Labute approximate surface area is 129 Å². The highest BCUT2D eigenvalue weighted by Crippen LogP contribution is 2.35. The van der Waals surface area contributed by atoms with Crippen molar-refractivity contribution < 1.29 is 9.59 Å². The fourth-order valence-corrected chi connectivity index (χ4v) is 3.04. The molecule has 1 aromatic rings. The normalized spacial score (nSPS) is 25.9. The van der Waals surface area contributed by atoms with Crippen LogP contribution in [0.2, 0.25) is 5.02 Å². The lowest BCUT2D eigenvalue weighted by Crippen LogP contribution is -2.63. The van der Waals surface area contributed by atoms with Crippen molar-refractivity contribution in [2.75, 3.05) is 0 Å². The lowest BCUT2D eigenvalue weighted by molar-refractivity contribution is -0.150. The van der Waals surface area contributed by atoms with E-state index in [2.05, 4.69) is 5.32 Å². The van der Waals surface area contributed by atoms with Gasteiger partial charge in [-0.2, -0.15) is 0 Å². The highest BCUT2D eigenvalue weighted by molar-refractivity contribution is 6.30. The molecule has 1 aromatic carbocycles. The van der Waals surface area contributed by atoms with Crippen molar-refractivity contribution in [2.24, 2.45) is 5.92 Å². The Kier molecular flexibility index (Phi) is 3.89. The number of halogens is 1. The second-order valence-electron chi connectivity index (χ2n) is 5.84. The number of amides is 2. The van der Waals surface area contributed by atoms with E-state index < -0.39 is 0 Å². The van der Waals surface area contributed by atoms with Gasteiger partial charge in [-0.05, 0) is 42.9 Å². The van der Waals surface area contributed by atoms with Gasteiger partial charge >= 0.3 is 0 Å². The average molecular weight is 307 g/mol. The van der Waals surface area contributed by atoms with Gasteiger partial charge in [0.05, 0.1) is 0 Å². The molecule has 5 heteroatoms. The summed E-state index contributed by atoms with van der Waals surface area (Å²) in [5.74, 6) is 0.355. The minimum absolute atomic E-state index is 0.0250. The molecule has 4 nitrogen and oxygen atoms in total. The van der Waals surface area contributed by atoms with Crippen LogP contribution in [0, 0.1) is 5.92 Å². The van der Waals surface area contributed by atoms with Crippen molar-refractivity contribution in [1.29, 1.82) is 0 Å². The standard InChI is InChI=1S/C16H19ClN2O2/c1-2-13-15(20)18-14(11-5-6-11)16(21)19(13)9-10-3-7-12(17)8-4-10/h3-4,7-8,11,13-14H,2,5-6,9H2,1H3,(H,18,20). The summed E-state index contributed by atoms with van der Waals surface area (Å²) in [6, 6.07) is 6.73. The first-order valence-corrected chi connectivity index (χ1v) is 7.83. The summed E-state index contributed by atoms with van der Waals surface area (Å²) in [5, 5.41) is 3.57. The van der Waals surface area contributed by atoms with Crippen molar-refractivity contribution in [3.63, 3.8) is 0 Å². The van der Waals surface area contributed by atoms with Gasteiger partial charge in [0.25, 0.3) is 0 Å². The SMILES string of the molecule is CCC1C(=O)NC(C2CC2)C(=O)N1Cc1ccc(Cl)cc1. The summed E-state index contributed by atoms with van der Waals surface area (Å²) in [7, 11) is 0. The summed E-state index contributed by atoms with van der Waals surface area (Å²) in [6.45, 7) is 2.40. The summed E-state index contributed by atoms with van der Waals surface area (Å²) in [4.78, 5) is 26.6. The molecule has 0 bridgehead atoms. The third-order valence-electron chi connectivity index (χ3n) is 4.27. The molecule has 2 unspecified atom stereocenters. The van der Waals surface area contributed by atoms with Gasteiger partial charge in [0.15, 0.2) is 0 Å². The van der Waals surface area contributed by atoms with Gasteiger partial charge in [0, 0.05) is 11.6 Å². The molecule has 0 aromatic heterocycles.